The van der Waals surface area contributed by atoms with Gasteiger partial charge >= 0.3 is 5.97 Å². The number of aromatic nitrogens is 2. The van der Waals surface area contributed by atoms with Crippen molar-refractivity contribution in [2.75, 3.05) is 36.0 Å². The summed E-state index contributed by atoms with van der Waals surface area (Å²) in [6.07, 6.45) is 1.80. The van der Waals surface area contributed by atoms with E-state index in [1.54, 1.807) is 6.20 Å². The van der Waals surface area contributed by atoms with E-state index >= 15 is 0 Å². The van der Waals surface area contributed by atoms with E-state index < -0.39 is 5.97 Å². The number of carboxylic acids is 1. The van der Waals surface area contributed by atoms with E-state index in [9.17, 15) is 4.79 Å². The maximum absolute atomic E-state index is 10.7. The summed E-state index contributed by atoms with van der Waals surface area (Å²) in [7, 11) is 0. The van der Waals surface area contributed by atoms with E-state index in [0.29, 0.717) is 5.69 Å². The van der Waals surface area contributed by atoms with Crippen molar-refractivity contribution in [1.82, 2.24) is 9.97 Å². The molecule has 6 nitrogen and oxygen atoms in total. The van der Waals surface area contributed by atoms with E-state index in [2.05, 4.69) is 19.8 Å². The summed E-state index contributed by atoms with van der Waals surface area (Å²) in [4.78, 5) is 23.9. The first-order chi connectivity index (χ1) is 10.2. The van der Waals surface area contributed by atoms with Gasteiger partial charge in [0.2, 0.25) is 0 Å². The van der Waals surface area contributed by atoms with Gasteiger partial charge in [-0.2, -0.15) is 0 Å². The van der Waals surface area contributed by atoms with E-state index in [1.807, 2.05) is 23.6 Å². The molecule has 7 heteroatoms. The highest BCUT2D eigenvalue weighted by Crippen LogP contribution is 2.23. The fourth-order valence-corrected chi connectivity index (χ4v) is 3.22. The van der Waals surface area contributed by atoms with Crippen molar-refractivity contribution in [2.45, 2.75) is 6.42 Å². The van der Waals surface area contributed by atoms with Crippen molar-refractivity contribution < 1.29 is 9.90 Å². The zero-order chi connectivity index (χ0) is 14.7. The molecule has 2 aromatic rings. The number of aliphatic carboxylic acids is 1. The molecule has 21 heavy (non-hydrogen) atoms. The minimum absolute atomic E-state index is 0.00952. The molecule has 0 spiro atoms. The molecule has 3 rings (SSSR count). The second-order valence-corrected chi connectivity index (χ2v) is 5.69. The number of pyridine rings is 1. The molecule has 1 aliphatic rings. The summed E-state index contributed by atoms with van der Waals surface area (Å²) in [5, 5.41) is 11.5. The smallest absolute Gasteiger partial charge is 0.309 e. The highest BCUT2D eigenvalue weighted by atomic mass is 32.1. The Balaban J connectivity index is 1.60. The molecular weight excluding hydrogens is 288 g/mol. The van der Waals surface area contributed by atoms with Crippen LogP contribution in [0.1, 0.15) is 5.69 Å². The van der Waals surface area contributed by atoms with Crippen molar-refractivity contribution in [1.29, 1.82) is 0 Å². The lowest BCUT2D eigenvalue weighted by atomic mass is 10.3. The Labute approximate surface area is 126 Å². The van der Waals surface area contributed by atoms with Crippen molar-refractivity contribution in [3.05, 3.63) is 35.5 Å². The molecule has 1 aliphatic heterocycles. The number of hydrogen-bond donors (Lipinski definition) is 1. The average Bonchev–Trinajstić information content (AvgIpc) is 2.96. The third-order valence-corrected chi connectivity index (χ3v) is 4.35. The molecule has 0 unspecified atom stereocenters. The molecule has 0 amide bonds. The molecule has 1 saturated heterocycles. The average molecular weight is 304 g/mol. The van der Waals surface area contributed by atoms with Gasteiger partial charge in [0.25, 0.3) is 0 Å². The number of anilines is 2. The Bertz CT molecular complexity index is 608. The van der Waals surface area contributed by atoms with Crippen LogP contribution in [0, 0.1) is 0 Å². The van der Waals surface area contributed by atoms with Gasteiger partial charge in [0.1, 0.15) is 5.82 Å². The third-order valence-electron chi connectivity index (χ3n) is 3.40. The van der Waals surface area contributed by atoms with Crippen LogP contribution in [0.15, 0.2) is 29.8 Å². The molecule has 0 atom stereocenters. The lowest BCUT2D eigenvalue weighted by molar-refractivity contribution is -0.136. The summed E-state index contributed by atoms with van der Waals surface area (Å²) in [6.45, 7) is 3.53. The fourth-order valence-electron chi connectivity index (χ4n) is 2.35. The highest BCUT2D eigenvalue weighted by Gasteiger charge is 2.20. The van der Waals surface area contributed by atoms with Gasteiger partial charge in [-0.1, -0.05) is 6.07 Å². The molecule has 1 N–H and O–H groups in total. The molecule has 0 aromatic carbocycles. The van der Waals surface area contributed by atoms with Gasteiger partial charge in [-0.15, -0.1) is 11.3 Å². The van der Waals surface area contributed by atoms with Crippen LogP contribution in [0.4, 0.5) is 10.9 Å². The molecule has 0 saturated carbocycles. The van der Waals surface area contributed by atoms with Gasteiger partial charge in [-0.3, -0.25) is 4.79 Å². The van der Waals surface area contributed by atoms with Crippen molar-refractivity contribution in [2.24, 2.45) is 0 Å². The second kappa shape index (κ2) is 6.09. The Morgan fingerprint density at radius 2 is 2.00 bits per heavy atom. The molecule has 0 aliphatic carbocycles. The highest BCUT2D eigenvalue weighted by molar-refractivity contribution is 7.13. The summed E-state index contributed by atoms with van der Waals surface area (Å²) < 4.78 is 0. The summed E-state index contributed by atoms with van der Waals surface area (Å²) in [5.74, 6) is 0.162. The number of hydrogen-bond acceptors (Lipinski definition) is 6. The normalized spacial score (nSPS) is 15.2. The van der Waals surface area contributed by atoms with Gasteiger partial charge in [0, 0.05) is 37.8 Å². The number of rotatable bonds is 4. The second-order valence-electron chi connectivity index (χ2n) is 4.85. The van der Waals surface area contributed by atoms with Gasteiger partial charge in [0.15, 0.2) is 5.13 Å². The van der Waals surface area contributed by atoms with Crippen LogP contribution in [0.25, 0.3) is 0 Å². The van der Waals surface area contributed by atoms with Crippen molar-refractivity contribution in [3.8, 4) is 0 Å². The molecular formula is C14H16N4O2S. The van der Waals surface area contributed by atoms with E-state index in [0.717, 1.165) is 37.1 Å². The summed E-state index contributed by atoms with van der Waals surface area (Å²) in [6, 6.07) is 5.93. The maximum Gasteiger partial charge on any atom is 0.309 e. The van der Waals surface area contributed by atoms with Crippen LogP contribution >= 0.6 is 11.3 Å². The first kappa shape index (κ1) is 13.8. The SMILES string of the molecule is O=C(O)Cc1csc(N2CCN(c3ccccn3)CC2)n1. The quantitative estimate of drug-likeness (QED) is 0.923. The Hall–Kier alpha value is -2.15. The lowest BCUT2D eigenvalue weighted by Crippen LogP contribution is -2.46. The largest absolute Gasteiger partial charge is 0.481 e. The fraction of sp³-hybridized carbons (Fsp3) is 0.357. The van der Waals surface area contributed by atoms with Gasteiger partial charge in [0.05, 0.1) is 12.1 Å². The minimum Gasteiger partial charge on any atom is -0.481 e. The maximum atomic E-state index is 10.7. The molecule has 1 fully saturated rings. The van der Waals surface area contributed by atoms with E-state index in [1.165, 1.54) is 11.3 Å². The summed E-state index contributed by atoms with van der Waals surface area (Å²) >= 11 is 1.51. The molecule has 110 valence electrons. The van der Waals surface area contributed by atoms with Gasteiger partial charge in [-0.25, -0.2) is 9.97 Å². The number of carboxylic acid groups (broad SMARTS) is 1. The molecule has 0 bridgehead atoms. The topological polar surface area (TPSA) is 69.6 Å². The van der Waals surface area contributed by atoms with Crippen LogP contribution in [-0.4, -0.2) is 47.2 Å². The number of thiazole rings is 1. The van der Waals surface area contributed by atoms with Crippen LogP contribution in [0.3, 0.4) is 0 Å². The number of piperazine rings is 1. The van der Waals surface area contributed by atoms with E-state index in [-0.39, 0.29) is 6.42 Å². The molecule has 0 radical (unpaired) electrons. The number of nitrogens with zero attached hydrogens (tertiary/aromatic N) is 4. The lowest BCUT2D eigenvalue weighted by Gasteiger charge is -2.35. The van der Waals surface area contributed by atoms with Crippen molar-refractivity contribution >= 4 is 28.3 Å². The molecule has 2 aromatic heterocycles. The van der Waals surface area contributed by atoms with Crippen LogP contribution in [0.2, 0.25) is 0 Å². The van der Waals surface area contributed by atoms with Crippen LogP contribution < -0.4 is 9.80 Å². The van der Waals surface area contributed by atoms with Crippen molar-refractivity contribution in [3.63, 3.8) is 0 Å². The monoisotopic (exact) mass is 304 g/mol. The van der Waals surface area contributed by atoms with Crippen LogP contribution in [-0.2, 0) is 11.2 Å². The van der Waals surface area contributed by atoms with Gasteiger partial charge in [-0.05, 0) is 12.1 Å². The molecule has 3 heterocycles. The standard InChI is InChI=1S/C14H16N4O2S/c19-13(20)9-11-10-21-14(16-11)18-7-5-17(6-8-18)12-3-1-2-4-15-12/h1-4,10H,5-9H2,(H,19,20). The minimum atomic E-state index is -0.841. The Kier molecular flexibility index (Phi) is 4.01. The third kappa shape index (κ3) is 3.30. The predicted octanol–water partition coefficient (Wildman–Crippen LogP) is 1.49. The predicted molar refractivity (Wildman–Crippen MR) is 82.1 cm³/mol. The summed E-state index contributed by atoms with van der Waals surface area (Å²) in [5.41, 5.74) is 0.634. The first-order valence-corrected chi connectivity index (χ1v) is 7.67. The zero-order valence-corrected chi connectivity index (χ0v) is 12.3. The van der Waals surface area contributed by atoms with Crippen LogP contribution in [0.5, 0.6) is 0 Å². The number of carbonyl (C=O) groups is 1. The van der Waals surface area contributed by atoms with E-state index in [4.69, 9.17) is 5.11 Å². The van der Waals surface area contributed by atoms with Gasteiger partial charge < -0.3 is 14.9 Å². The zero-order valence-electron chi connectivity index (χ0n) is 11.5. The Morgan fingerprint density at radius 1 is 1.24 bits per heavy atom. The Morgan fingerprint density at radius 3 is 2.67 bits per heavy atom. The first-order valence-electron chi connectivity index (χ1n) is 6.79.